The second-order valence-electron chi connectivity index (χ2n) is 6.97. The average molecular weight is 466 g/mol. The Balaban J connectivity index is 0.00000210. The van der Waals surface area contributed by atoms with Gasteiger partial charge >= 0.3 is 0 Å². The van der Waals surface area contributed by atoms with E-state index in [1.54, 1.807) is 6.07 Å². The molecule has 162 valence electrons. The lowest BCUT2D eigenvalue weighted by molar-refractivity contribution is 0.0866. The van der Waals surface area contributed by atoms with Crippen molar-refractivity contribution in [2.75, 3.05) is 44.2 Å². The number of benzene rings is 2. The van der Waals surface area contributed by atoms with Crippen molar-refractivity contribution >= 4 is 42.1 Å². The largest absolute Gasteiger partial charge is 0.491 e. The van der Waals surface area contributed by atoms with E-state index in [2.05, 4.69) is 9.80 Å². The number of halogens is 4. The van der Waals surface area contributed by atoms with Crippen LogP contribution in [0.4, 0.5) is 10.1 Å². The molecule has 1 aliphatic rings. The molecule has 0 aromatic heterocycles. The number of nitrogens with zero attached hydrogens (tertiary/aromatic N) is 2. The molecule has 8 heteroatoms. The average Bonchev–Trinajstić information content (AvgIpc) is 2.68. The maximum Gasteiger partial charge on any atom is 0.123 e. The third-order valence-electron chi connectivity index (χ3n) is 4.91. The van der Waals surface area contributed by atoms with Crippen LogP contribution in [0.3, 0.4) is 0 Å². The van der Waals surface area contributed by atoms with Crippen molar-refractivity contribution in [3.8, 4) is 5.75 Å². The van der Waals surface area contributed by atoms with Gasteiger partial charge in [-0.05, 0) is 61.4 Å². The third-order valence-corrected chi connectivity index (χ3v) is 5.34. The number of hydrogen-bond acceptors (Lipinski definition) is 4. The Morgan fingerprint density at radius 1 is 1.07 bits per heavy atom. The van der Waals surface area contributed by atoms with E-state index in [4.69, 9.17) is 16.3 Å². The fraction of sp³-hybridized carbons (Fsp3) is 0.429. The van der Waals surface area contributed by atoms with Gasteiger partial charge in [0.1, 0.15) is 18.2 Å². The molecule has 0 spiro atoms. The highest BCUT2D eigenvalue weighted by Gasteiger charge is 2.18. The fourth-order valence-corrected chi connectivity index (χ4v) is 3.31. The first-order valence-corrected chi connectivity index (χ1v) is 9.69. The van der Waals surface area contributed by atoms with Gasteiger partial charge in [-0.1, -0.05) is 11.6 Å². The Bertz CT molecular complexity index is 741. The fourth-order valence-electron chi connectivity index (χ4n) is 3.20. The molecule has 1 N–H and O–H groups in total. The molecule has 1 aliphatic heterocycles. The molecule has 0 radical (unpaired) electrons. The number of aliphatic hydroxyl groups is 1. The lowest BCUT2D eigenvalue weighted by atomic mass is 10.2. The molecule has 1 heterocycles. The number of hydrogen-bond donors (Lipinski definition) is 1. The van der Waals surface area contributed by atoms with Crippen LogP contribution in [0.15, 0.2) is 42.5 Å². The number of ether oxygens (including phenoxy) is 1. The van der Waals surface area contributed by atoms with E-state index in [0.29, 0.717) is 11.4 Å². The Morgan fingerprint density at radius 2 is 1.72 bits per heavy atom. The molecule has 1 unspecified atom stereocenters. The quantitative estimate of drug-likeness (QED) is 0.649. The molecule has 4 nitrogen and oxygen atoms in total. The second kappa shape index (κ2) is 12.5. The molecular weight excluding hydrogens is 438 g/mol. The van der Waals surface area contributed by atoms with Gasteiger partial charge in [0.2, 0.25) is 0 Å². The van der Waals surface area contributed by atoms with Gasteiger partial charge in [-0.25, -0.2) is 4.39 Å². The highest BCUT2D eigenvalue weighted by atomic mass is 35.5. The summed E-state index contributed by atoms with van der Waals surface area (Å²) in [4.78, 5) is 4.61. The van der Waals surface area contributed by atoms with Crippen molar-refractivity contribution in [2.45, 2.75) is 19.4 Å². The summed E-state index contributed by atoms with van der Waals surface area (Å²) < 4.78 is 18.7. The van der Waals surface area contributed by atoms with E-state index >= 15 is 0 Å². The van der Waals surface area contributed by atoms with Crippen molar-refractivity contribution in [2.24, 2.45) is 0 Å². The molecule has 0 bridgehead atoms. The lowest BCUT2D eigenvalue weighted by Crippen LogP contribution is -2.47. The Hall–Kier alpha value is -1.24. The van der Waals surface area contributed by atoms with Crippen LogP contribution in [-0.2, 0) is 0 Å². The monoisotopic (exact) mass is 464 g/mol. The number of anilines is 1. The summed E-state index contributed by atoms with van der Waals surface area (Å²) >= 11 is 6.00. The predicted molar refractivity (Wildman–Crippen MR) is 122 cm³/mol. The number of rotatable bonds is 7. The number of aliphatic hydroxyl groups excluding tert-OH is 1. The summed E-state index contributed by atoms with van der Waals surface area (Å²) in [5.74, 6) is 0.520. The van der Waals surface area contributed by atoms with Crippen molar-refractivity contribution in [1.29, 1.82) is 0 Å². The molecule has 0 saturated carbocycles. The van der Waals surface area contributed by atoms with E-state index < -0.39 is 6.10 Å². The van der Waals surface area contributed by atoms with Crippen molar-refractivity contribution < 1.29 is 14.2 Å². The van der Waals surface area contributed by atoms with Crippen LogP contribution in [0.1, 0.15) is 12.0 Å². The minimum Gasteiger partial charge on any atom is -0.491 e. The summed E-state index contributed by atoms with van der Waals surface area (Å²) in [6.45, 7) is 6.71. The predicted octanol–water partition coefficient (Wildman–Crippen LogP) is 4.58. The van der Waals surface area contributed by atoms with Gasteiger partial charge in [-0.3, -0.25) is 4.90 Å². The van der Waals surface area contributed by atoms with Crippen molar-refractivity contribution in [1.82, 2.24) is 4.90 Å². The number of aryl methyl sites for hydroxylation is 1. The molecule has 1 saturated heterocycles. The maximum atomic E-state index is 13.0. The third kappa shape index (κ3) is 7.83. The standard InChI is InChI=1S/C21H26ClFN2O2.2ClH/c1-16-14-20(6-7-21(16)22)27-15-19(26)8-9-24-10-12-25(13-11-24)18-4-2-17(23)3-5-18;;/h2-7,14,19,26H,8-13,15H2,1H3;2*1H. The Kier molecular flexibility index (Phi) is 11.1. The summed E-state index contributed by atoms with van der Waals surface area (Å²) in [7, 11) is 0. The first-order valence-electron chi connectivity index (χ1n) is 9.31. The molecule has 0 amide bonds. The van der Waals surface area contributed by atoms with Crippen LogP contribution in [0.5, 0.6) is 5.75 Å². The molecule has 1 fully saturated rings. The number of piperazine rings is 1. The van der Waals surface area contributed by atoms with E-state index in [1.165, 1.54) is 12.1 Å². The van der Waals surface area contributed by atoms with Gasteiger partial charge in [-0.2, -0.15) is 0 Å². The summed E-state index contributed by atoms with van der Waals surface area (Å²) in [6, 6.07) is 12.1. The molecule has 1 atom stereocenters. The molecule has 2 aromatic carbocycles. The van der Waals surface area contributed by atoms with E-state index in [1.807, 2.05) is 31.2 Å². The van der Waals surface area contributed by atoms with Crippen molar-refractivity contribution in [3.05, 3.63) is 58.9 Å². The van der Waals surface area contributed by atoms with Gasteiger partial charge in [0.15, 0.2) is 0 Å². The van der Waals surface area contributed by atoms with E-state index in [-0.39, 0.29) is 37.2 Å². The van der Waals surface area contributed by atoms with Gasteiger partial charge in [0, 0.05) is 43.4 Å². The van der Waals surface area contributed by atoms with Crippen LogP contribution < -0.4 is 9.64 Å². The minimum atomic E-state index is -0.504. The van der Waals surface area contributed by atoms with E-state index in [0.717, 1.165) is 49.7 Å². The zero-order chi connectivity index (χ0) is 19.2. The molecule has 2 aromatic rings. The smallest absolute Gasteiger partial charge is 0.123 e. The maximum absolute atomic E-state index is 13.0. The molecule has 29 heavy (non-hydrogen) atoms. The van der Waals surface area contributed by atoms with Gasteiger partial charge < -0.3 is 14.7 Å². The second-order valence-corrected chi connectivity index (χ2v) is 7.38. The van der Waals surface area contributed by atoms with Crippen molar-refractivity contribution in [3.63, 3.8) is 0 Å². The molecule has 3 rings (SSSR count). The first-order chi connectivity index (χ1) is 13.0. The topological polar surface area (TPSA) is 35.9 Å². The lowest BCUT2D eigenvalue weighted by Gasteiger charge is -2.36. The van der Waals surface area contributed by atoms with Gasteiger partial charge in [-0.15, -0.1) is 24.8 Å². The first kappa shape index (κ1) is 25.8. The zero-order valence-corrected chi connectivity index (χ0v) is 18.8. The van der Waals surface area contributed by atoms with Gasteiger partial charge in [0.05, 0.1) is 6.10 Å². The summed E-state index contributed by atoms with van der Waals surface area (Å²) in [5.41, 5.74) is 2.02. The summed E-state index contributed by atoms with van der Waals surface area (Å²) in [5, 5.41) is 10.9. The zero-order valence-electron chi connectivity index (χ0n) is 16.4. The highest BCUT2D eigenvalue weighted by molar-refractivity contribution is 6.31. The van der Waals surface area contributed by atoms with E-state index in [9.17, 15) is 9.50 Å². The Labute approximate surface area is 189 Å². The summed E-state index contributed by atoms with van der Waals surface area (Å²) in [6.07, 6.45) is 0.166. The highest BCUT2D eigenvalue weighted by Crippen LogP contribution is 2.21. The Morgan fingerprint density at radius 3 is 2.34 bits per heavy atom. The van der Waals surface area contributed by atoms with Crippen LogP contribution in [-0.4, -0.2) is 55.4 Å². The van der Waals surface area contributed by atoms with Crippen LogP contribution in [0.25, 0.3) is 0 Å². The van der Waals surface area contributed by atoms with Crippen LogP contribution in [0, 0.1) is 12.7 Å². The van der Waals surface area contributed by atoms with Crippen LogP contribution in [0.2, 0.25) is 5.02 Å². The van der Waals surface area contributed by atoms with Gasteiger partial charge in [0.25, 0.3) is 0 Å². The molecule has 0 aliphatic carbocycles. The molecular formula is C21H28Cl3FN2O2. The SMILES string of the molecule is Cc1cc(OCC(O)CCN2CCN(c3ccc(F)cc3)CC2)ccc1Cl.Cl.Cl. The normalized spacial score (nSPS) is 15.2. The van der Waals surface area contributed by atoms with Crippen LogP contribution >= 0.6 is 36.4 Å². The minimum absolute atomic E-state index is 0.